The monoisotopic (exact) mass is 419 g/mol. The lowest BCUT2D eigenvalue weighted by molar-refractivity contribution is 0.0792. The molecule has 0 aliphatic carbocycles. The second kappa shape index (κ2) is 8.99. The zero-order chi connectivity index (χ0) is 21.8. The van der Waals surface area contributed by atoms with Crippen LogP contribution in [0, 0.1) is 6.92 Å². The van der Waals surface area contributed by atoms with Crippen LogP contribution in [0.15, 0.2) is 51.9 Å². The summed E-state index contributed by atoms with van der Waals surface area (Å²) < 4.78 is 5.49. The first-order valence-electron chi connectivity index (χ1n) is 10.4. The van der Waals surface area contributed by atoms with E-state index in [0.29, 0.717) is 12.3 Å². The van der Waals surface area contributed by atoms with Gasteiger partial charge in [0.15, 0.2) is 0 Å². The SMILES string of the molecule is Cc1oc2nc[nH]c(=O)c2c1C(=O)N(C)CCCCCc1cc(-c2ccccc2)n[nH]1. The summed E-state index contributed by atoms with van der Waals surface area (Å²) in [4.78, 5) is 33.2. The molecule has 4 aromatic rings. The van der Waals surface area contributed by atoms with Crippen molar-refractivity contribution in [2.45, 2.75) is 32.6 Å². The molecule has 0 saturated heterocycles. The molecule has 3 aromatic heterocycles. The Morgan fingerprint density at radius 1 is 1.16 bits per heavy atom. The summed E-state index contributed by atoms with van der Waals surface area (Å²) in [5, 5.41) is 7.70. The van der Waals surface area contributed by atoms with Gasteiger partial charge in [0.25, 0.3) is 11.5 Å². The van der Waals surface area contributed by atoms with E-state index in [4.69, 9.17) is 4.42 Å². The summed E-state index contributed by atoms with van der Waals surface area (Å²) in [6.45, 7) is 2.28. The third kappa shape index (κ3) is 4.42. The molecule has 1 aromatic carbocycles. The third-order valence-electron chi connectivity index (χ3n) is 5.37. The van der Waals surface area contributed by atoms with Gasteiger partial charge in [-0.25, -0.2) is 4.98 Å². The lowest BCUT2D eigenvalue weighted by atomic mass is 10.1. The summed E-state index contributed by atoms with van der Waals surface area (Å²) >= 11 is 0. The molecule has 4 rings (SSSR count). The molecule has 0 spiro atoms. The Morgan fingerprint density at radius 3 is 2.77 bits per heavy atom. The van der Waals surface area contributed by atoms with Gasteiger partial charge in [-0.1, -0.05) is 36.8 Å². The van der Waals surface area contributed by atoms with E-state index in [0.717, 1.165) is 42.6 Å². The van der Waals surface area contributed by atoms with Gasteiger partial charge in [0.1, 0.15) is 11.1 Å². The summed E-state index contributed by atoms with van der Waals surface area (Å²) in [5.74, 6) is 0.181. The number of furan rings is 1. The number of nitrogens with zero attached hydrogens (tertiary/aromatic N) is 3. The number of carbonyl (C=O) groups excluding carboxylic acids is 1. The number of hydrogen-bond donors (Lipinski definition) is 2. The Morgan fingerprint density at radius 2 is 1.97 bits per heavy atom. The van der Waals surface area contributed by atoms with Gasteiger partial charge in [0.05, 0.1) is 17.6 Å². The van der Waals surface area contributed by atoms with Gasteiger partial charge in [-0.3, -0.25) is 14.7 Å². The molecule has 1 amide bonds. The van der Waals surface area contributed by atoms with Crippen molar-refractivity contribution in [1.82, 2.24) is 25.1 Å². The fourth-order valence-corrected chi connectivity index (χ4v) is 3.69. The maximum atomic E-state index is 12.9. The van der Waals surface area contributed by atoms with Crippen molar-refractivity contribution in [3.8, 4) is 11.3 Å². The fraction of sp³-hybridized carbons (Fsp3) is 0.304. The Labute approximate surface area is 179 Å². The van der Waals surface area contributed by atoms with Gasteiger partial charge in [-0.2, -0.15) is 5.10 Å². The number of nitrogens with one attached hydrogen (secondary N) is 2. The Bertz CT molecular complexity index is 1240. The van der Waals surface area contributed by atoms with E-state index in [1.54, 1.807) is 18.9 Å². The van der Waals surface area contributed by atoms with Crippen molar-refractivity contribution in [3.63, 3.8) is 0 Å². The predicted octanol–water partition coefficient (Wildman–Crippen LogP) is 3.70. The highest BCUT2D eigenvalue weighted by atomic mass is 16.3. The molecule has 160 valence electrons. The standard InChI is InChI=1S/C23H25N5O3/c1-15-19(20-21(29)24-14-25-22(20)31-15)23(30)28(2)12-8-4-7-11-17-13-18(27-26-17)16-9-5-3-6-10-16/h3,5-6,9-10,13-14H,4,7-8,11-12H2,1-2H3,(H,26,27)(H,24,25,29). The van der Waals surface area contributed by atoms with Crippen molar-refractivity contribution < 1.29 is 9.21 Å². The smallest absolute Gasteiger partial charge is 0.262 e. The molecule has 0 atom stereocenters. The van der Waals surface area contributed by atoms with Crippen LogP contribution in [0.2, 0.25) is 0 Å². The molecule has 0 aliphatic heterocycles. The highest BCUT2D eigenvalue weighted by Crippen LogP contribution is 2.22. The molecule has 3 heterocycles. The topological polar surface area (TPSA) is 108 Å². The summed E-state index contributed by atoms with van der Waals surface area (Å²) in [7, 11) is 1.74. The number of aromatic amines is 2. The maximum Gasteiger partial charge on any atom is 0.262 e. The predicted molar refractivity (Wildman–Crippen MR) is 118 cm³/mol. The van der Waals surface area contributed by atoms with Crippen LogP contribution in [0.1, 0.15) is 41.1 Å². The summed E-state index contributed by atoms with van der Waals surface area (Å²) in [6.07, 6.45) is 5.02. The molecule has 8 nitrogen and oxygen atoms in total. The molecule has 0 fully saturated rings. The van der Waals surface area contributed by atoms with Gasteiger partial charge in [0.2, 0.25) is 5.71 Å². The van der Waals surface area contributed by atoms with Gasteiger partial charge in [0, 0.05) is 24.8 Å². The van der Waals surface area contributed by atoms with Crippen molar-refractivity contribution in [2.24, 2.45) is 0 Å². The molecule has 0 aliphatic rings. The van der Waals surface area contributed by atoms with E-state index >= 15 is 0 Å². The molecular weight excluding hydrogens is 394 g/mol. The zero-order valence-electron chi connectivity index (χ0n) is 17.6. The first-order valence-corrected chi connectivity index (χ1v) is 10.4. The first-order chi connectivity index (χ1) is 15.0. The van der Waals surface area contributed by atoms with Crippen LogP contribution < -0.4 is 5.56 Å². The highest BCUT2D eigenvalue weighted by Gasteiger charge is 2.24. The van der Waals surface area contributed by atoms with Gasteiger partial charge < -0.3 is 14.3 Å². The lowest BCUT2D eigenvalue weighted by Crippen LogP contribution is -2.29. The number of rotatable bonds is 8. The largest absolute Gasteiger partial charge is 0.442 e. The molecule has 31 heavy (non-hydrogen) atoms. The molecular formula is C23H25N5O3. The number of benzene rings is 1. The number of hydrogen-bond acceptors (Lipinski definition) is 5. The zero-order valence-corrected chi connectivity index (χ0v) is 17.6. The fourth-order valence-electron chi connectivity index (χ4n) is 3.69. The minimum Gasteiger partial charge on any atom is -0.442 e. The van der Waals surface area contributed by atoms with Crippen LogP contribution in [0.4, 0.5) is 0 Å². The average molecular weight is 419 g/mol. The number of amides is 1. The number of unbranched alkanes of at least 4 members (excludes halogenated alkanes) is 2. The molecule has 0 saturated carbocycles. The molecule has 8 heteroatoms. The second-order valence-electron chi connectivity index (χ2n) is 7.63. The number of carbonyl (C=O) groups is 1. The normalized spacial score (nSPS) is 11.2. The van der Waals surface area contributed by atoms with Gasteiger partial charge in [-0.05, 0) is 32.3 Å². The van der Waals surface area contributed by atoms with Crippen molar-refractivity contribution in [3.05, 3.63) is 70.1 Å². The summed E-state index contributed by atoms with van der Waals surface area (Å²) in [5.41, 5.74) is 3.27. The Balaban J connectivity index is 1.28. The van der Waals surface area contributed by atoms with E-state index in [1.807, 2.05) is 30.3 Å². The lowest BCUT2D eigenvalue weighted by Gasteiger charge is -2.16. The van der Waals surface area contributed by atoms with E-state index in [1.165, 1.54) is 6.33 Å². The summed E-state index contributed by atoms with van der Waals surface area (Å²) in [6, 6.07) is 12.2. The Kier molecular flexibility index (Phi) is 5.97. The number of H-pyrrole nitrogens is 2. The third-order valence-corrected chi connectivity index (χ3v) is 5.37. The number of aryl methyl sites for hydroxylation is 2. The van der Waals surface area contributed by atoms with Crippen LogP contribution in [0.5, 0.6) is 0 Å². The van der Waals surface area contributed by atoms with Gasteiger partial charge >= 0.3 is 0 Å². The van der Waals surface area contributed by atoms with Crippen LogP contribution >= 0.6 is 0 Å². The minimum absolute atomic E-state index is 0.187. The average Bonchev–Trinajstić information content (AvgIpc) is 3.38. The number of aromatic nitrogens is 4. The van der Waals surface area contributed by atoms with E-state index < -0.39 is 0 Å². The van der Waals surface area contributed by atoms with Crippen LogP contribution in [0.25, 0.3) is 22.4 Å². The van der Waals surface area contributed by atoms with Crippen LogP contribution in [0.3, 0.4) is 0 Å². The Hall–Kier alpha value is -3.68. The molecule has 0 bridgehead atoms. The molecule has 0 unspecified atom stereocenters. The quantitative estimate of drug-likeness (QED) is 0.423. The second-order valence-corrected chi connectivity index (χ2v) is 7.63. The van der Waals surface area contributed by atoms with E-state index in [2.05, 4.69) is 26.2 Å². The number of fused-ring (bicyclic) bond motifs is 1. The van der Waals surface area contributed by atoms with Crippen LogP contribution in [-0.2, 0) is 6.42 Å². The van der Waals surface area contributed by atoms with Crippen molar-refractivity contribution >= 4 is 17.0 Å². The first kappa shape index (κ1) is 20.6. The van der Waals surface area contributed by atoms with Gasteiger partial charge in [-0.15, -0.1) is 0 Å². The van der Waals surface area contributed by atoms with Crippen LogP contribution in [-0.4, -0.2) is 44.6 Å². The van der Waals surface area contributed by atoms with E-state index in [9.17, 15) is 9.59 Å². The molecule has 0 radical (unpaired) electrons. The molecule has 2 N–H and O–H groups in total. The maximum absolute atomic E-state index is 12.9. The van der Waals surface area contributed by atoms with Crippen molar-refractivity contribution in [2.75, 3.05) is 13.6 Å². The van der Waals surface area contributed by atoms with E-state index in [-0.39, 0.29) is 28.1 Å². The van der Waals surface area contributed by atoms with Crippen molar-refractivity contribution in [1.29, 1.82) is 0 Å². The minimum atomic E-state index is -0.368. The highest BCUT2D eigenvalue weighted by molar-refractivity contribution is 6.06.